The third kappa shape index (κ3) is 3.45. The van der Waals surface area contributed by atoms with Crippen molar-refractivity contribution in [3.05, 3.63) is 40.4 Å². The van der Waals surface area contributed by atoms with Crippen molar-refractivity contribution in [3.63, 3.8) is 0 Å². The fourth-order valence-corrected chi connectivity index (χ4v) is 2.07. The predicted octanol–water partition coefficient (Wildman–Crippen LogP) is 2.79. The molecule has 1 amide bonds. The van der Waals surface area contributed by atoms with Crippen LogP contribution < -0.4 is 5.32 Å². The highest BCUT2D eigenvalue weighted by molar-refractivity contribution is 6.31. The van der Waals surface area contributed by atoms with Gasteiger partial charge in [-0.15, -0.1) is 5.10 Å². The molecule has 100 valence electrons. The molecule has 0 saturated carbocycles. The molecule has 2 rings (SSSR count). The fraction of sp³-hybridized carbons (Fsp3) is 0.250. The van der Waals surface area contributed by atoms with Crippen molar-refractivity contribution in [1.29, 1.82) is 0 Å². The molecule has 0 aliphatic rings. The largest absolute Gasteiger partial charge is 0.324 e. The van der Waals surface area contributed by atoms with E-state index in [1.165, 1.54) is 4.68 Å². The van der Waals surface area contributed by atoms with E-state index < -0.39 is 0 Å². The van der Waals surface area contributed by atoms with E-state index in [0.29, 0.717) is 0 Å². The maximum atomic E-state index is 11.9. The number of nitrogens with one attached hydrogen (secondary N) is 1. The van der Waals surface area contributed by atoms with E-state index in [1.807, 2.05) is 31.2 Å². The van der Waals surface area contributed by atoms with Gasteiger partial charge in [-0.05, 0) is 41.3 Å². The summed E-state index contributed by atoms with van der Waals surface area (Å²) >= 11 is 11.4. The average molecular weight is 299 g/mol. The Kier molecular flexibility index (Phi) is 4.39. The molecule has 0 atom stereocenters. The first-order valence-electron chi connectivity index (χ1n) is 5.73. The first-order valence-corrected chi connectivity index (χ1v) is 6.49. The Morgan fingerprint density at radius 2 is 2.11 bits per heavy atom. The second-order valence-corrected chi connectivity index (χ2v) is 4.54. The Morgan fingerprint density at radius 3 is 2.74 bits per heavy atom. The molecule has 0 fully saturated rings. The van der Waals surface area contributed by atoms with E-state index in [1.54, 1.807) is 0 Å². The van der Waals surface area contributed by atoms with E-state index in [4.69, 9.17) is 23.2 Å². The quantitative estimate of drug-likeness (QED) is 0.944. The van der Waals surface area contributed by atoms with Crippen molar-refractivity contribution in [3.8, 4) is 0 Å². The Labute approximate surface area is 120 Å². The summed E-state index contributed by atoms with van der Waals surface area (Å²) in [7, 11) is 0. The lowest BCUT2D eigenvalue weighted by Gasteiger charge is -2.09. The SMILES string of the molecule is CCc1ccccc1NC(=O)Cn1nc(Cl)nc1Cl. The second kappa shape index (κ2) is 6.04. The molecule has 1 aromatic carbocycles. The molecule has 1 N–H and O–H groups in total. The van der Waals surface area contributed by atoms with Gasteiger partial charge in [0.05, 0.1) is 0 Å². The molecule has 1 aromatic heterocycles. The Bertz CT molecular complexity index is 597. The zero-order valence-electron chi connectivity index (χ0n) is 10.2. The number of hydrogen-bond acceptors (Lipinski definition) is 3. The molecule has 19 heavy (non-hydrogen) atoms. The molecule has 0 aliphatic carbocycles. The third-order valence-electron chi connectivity index (χ3n) is 2.57. The molecular formula is C12H12Cl2N4O. The second-order valence-electron chi connectivity index (χ2n) is 3.87. The standard InChI is InChI=1S/C12H12Cl2N4O/c1-2-8-5-3-4-6-9(8)15-10(19)7-18-12(14)16-11(13)17-18/h3-6H,2,7H2,1H3,(H,15,19). The lowest BCUT2D eigenvalue weighted by molar-refractivity contribution is -0.116. The normalized spacial score (nSPS) is 10.5. The van der Waals surface area contributed by atoms with Gasteiger partial charge in [-0.3, -0.25) is 4.79 Å². The van der Waals surface area contributed by atoms with E-state index in [-0.39, 0.29) is 23.0 Å². The van der Waals surface area contributed by atoms with E-state index in [0.717, 1.165) is 17.7 Å². The molecule has 0 spiro atoms. The number of rotatable bonds is 4. The summed E-state index contributed by atoms with van der Waals surface area (Å²) in [5.41, 5.74) is 1.86. The first-order chi connectivity index (χ1) is 9.10. The van der Waals surface area contributed by atoms with E-state index >= 15 is 0 Å². The van der Waals surface area contributed by atoms with Crippen LogP contribution in [0.2, 0.25) is 10.6 Å². The van der Waals surface area contributed by atoms with Crippen molar-refractivity contribution in [2.24, 2.45) is 0 Å². The predicted molar refractivity (Wildman–Crippen MR) is 74.5 cm³/mol. The van der Waals surface area contributed by atoms with Gasteiger partial charge in [0.1, 0.15) is 6.54 Å². The number of halogens is 2. The molecule has 5 nitrogen and oxygen atoms in total. The molecular weight excluding hydrogens is 287 g/mol. The van der Waals surface area contributed by atoms with Crippen molar-refractivity contribution < 1.29 is 4.79 Å². The van der Waals surface area contributed by atoms with Crippen LogP contribution in [0.5, 0.6) is 0 Å². The van der Waals surface area contributed by atoms with Crippen LogP contribution in [0.3, 0.4) is 0 Å². The number of aryl methyl sites for hydroxylation is 1. The molecule has 2 aromatic rings. The molecule has 0 bridgehead atoms. The van der Waals surface area contributed by atoms with Crippen molar-refractivity contribution >= 4 is 34.8 Å². The first kappa shape index (κ1) is 13.8. The summed E-state index contributed by atoms with van der Waals surface area (Å²) in [4.78, 5) is 15.6. The molecule has 1 heterocycles. The van der Waals surface area contributed by atoms with Crippen LogP contribution in [0.4, 0.5) is 5.69 Å². The fourth-order valence-electron chi connectivity index (χ4n) is 1.67. The van der Waals surface area contributed by atoms with Crippen LogP contribution in [0.15, 0.2) is 24.3 Å². The highest BCUT2D eigenvalue weighted by Crippen LogP contribution is 2.16. The zero-order chi connectivity index (χ0) is 13.8. The minimum Gasteiger partial charge on any atom is -0.324 e. The van der Waals surface area contributed by atoms with Crippen LogP contribution in [-0.4, -0.2) is 20.7 Å². The number of anilines is 1. The highest BCUT2D eigenvalue weighted by atomic mass is 35.5. The zero-order valence-corrected chi connectivity index (χ0v) is 11.7. The average Bonchev–Trinajstić information content (AvgIpc) is 2.68. The number of carbonyl (C=O) groups excluding carboxylic acids is 1. The molecule has 7 heteroatoms. The number of nitrogens with zero attached hydrogens (tertiary/aromatic N) is 3. The van der Waals surface area contributed by atoms with Gasteiger partial charge in [-0.1, -0.05) is 25.1 Å². The van der Waals surface area contributed by atoms with Crippen LogP contribution in [0, 0.1) is 0 Å². The monoisotopic (exact) mass is 298 g/mol. The van der Waals surface area contributed by atoms with Gasteiger partial charge in [0, 0.05) is 5.69 Å². The van der Waals surface area contributed by atoms with Gasteiger partial charge in [0.15, 0.2) is 0 Å². The topological polar surface area (TPSA) is 59.8 Å². The number of amides is 1. The lowest BCUT2D eigenvalue weighted by Crippen LogP contribution is -2.20. The number of aromatic nitrogens is 3. The van der Waals surface area contributed by atoms with Gasteiger partial charge in [0.25, 0.3) is 0 Å². The summed E-state index contributed by atoms with van der Waals surface area (Å²) in [5.74, 6) is -0.232. The smallest absolute Gasteiger partial charge is 0.246 e. The number of para-hydroxylation sites is 1. The van der Waals surface area contributed by atoms with Gasteiger partial charge < -0.3 is 5.32 Å². The number of carbonyl (C=O) groups is 1. The molecule has 0 unspecified atom stereocenters. The lowest BCUT2D eigenvalue weighted by atomic mass is 10.1. The van der Waals surface area contributed by atoms with Crippen molar-refractivity contribution in [1.82, 2.24) is 14.8 Å². The summed E-state index contributed by atoms with van der Waals surface area (Å²) < 4.78 is 1.24. The summed E-state index contributed by atoms with van der Waals surface area (Å²) in [6.45, 7) is 2.00. The Balaban J connectivity index is 2.07. The van der Waals surface area contributed by atoms with E-state index in [9.17, 15) is 4.79 Å². The summed E-state index contributed by atoms with van der Waals surface area (Å²) in [5, 5.41) is 6.74. The Morgan fingerprint density at radius 1 is 1.37 bits per heavy atom. The third-order valence-corrected chi connectivity index (χ3v) is 3.01. The van der Waals surface area contributed by atoms with Crippen LogP contribution >= 0.6 is 23.2 Å². The summed E-state index contributed by atoms with van der Waals surface area (Å²) in [6.07, 6.45) is 0.840. The maximum Gasteiger partial charge on any atom is 0.246 e. The molecule has 0 aliphatic heterocycles. The summed E-state index contributed by atoms with van der Waals surface area (Å²) in [6, 6.07) is 7.62. The minimum atomic E-state index is -0.232. The Hall–Kier alpha value is -1.59. The van der Waals surface area contributed by atoms with Gasteiger partial charge in [-0.2, -0.15) is 4.98 Å². The van der Waals surface area contributed by atoms with Crippen LogP contribution in [0.1, 0.15) is 12.5 Å². The minimum absolute atomic E-state index is 0.0201. The van der Waals surface area contributed by atoms with Crippen molar-refractivity contribution in [2.45, 2.75) is 19.9 Å². The highest BCUT2D eigenvalue weighted by Gasteiger charge is 2.11. The molecule has 0 saturated heterocycles. The van der Waals surface area contributed by atoms with Crippen molar-refractivity contribution in [2.75, 3.05) is 5.32 Å². The molecule has 0 radical (unpaired) electrons. The van der Waals surface area contributed by atoms with Gasteiger partial charge in [-0.25, -0.2) is 4.68 Å². The van der Waals surface area contributed by atoms with Gasteiger partial charge >= 0.3 is 0 Å². The maximum absolute atomic E-state index is 11.9. The number of benzene rings is 1. The van der Waals surface area contributed by atoms with Gasteiger partial charge in [0.2, 0.25) is 16.5 Å². The van der Waals surface area contributed by atoms with E-state index in [2.05, 4.69) is 15.4 Å². The number of hydrogen-bond donors (Lipinski definition) is 1. The van der Waals surface area contributed by atoms with Crippen LogP contribution in [-0.2, 0) is 17.8 Å². The van der Waals surface area contributed by atoms with Crippen LogP contribution in [0.25, 0.3) is 0 Å².